The van der Waals surface area contributed by atoms with Crippen LogP contribution in [0.1, 0.15) is 12.6 Å². The number of nitrogens with one attached hydrogen (secondary N) is 1. The fourth-order valence-electron chi connectivity index (χ4n) is 1.68. The van der Waals surface area contributed by atoms with Gasteiger partial charge < -0.3 is 5.32 Å². The van der Waals surface area contributed by atoms with Crippen molar-refractivity contribution in [3.05, 3.63) is 24.2 Å². The maximum Gasteiger partial charge on any atom is 0.152 e. The molecule has 0 radical (unpaired) electrons. The molecule has 0 bridgehead atoms. The van der Waals surface area contributed by atoms with Gasteiger partial charge in [-0.05, 0) is 26.2 Å². The van der Waals surface area contributed by atoms with Gasteiger partial charge >= 0.3 is 0 Å². The summed E-state index contributed by atoms with van der Waals surface area (Å²) < 4.78 is 1.86. The minimum atomic E-state index is 0.406. The number of aryl methyl sites for hydroxylation is 1. The molecule has 2 aromatic rings. The van der Waals surface area contributed by atoms with Crippen molar-refractivity contribution in [3.63, 3.8) is 0 Å². The summed E-state index contributed by atoms with van der Waals surface area (Å²) in [6, 6.07) is 2.45. The molecule has 0 fully saturated rings. The molecule has 0 aliphatic rings. The Balaban J connectivity index is 2.29. The normalized spacial score (nSPS) is 12.9. The third-order valence-corrected chi connectivity index (χ3v) is 3.15. The van der Waals surface area contributed by atoms with Gasteiger partial charge in [0.1, 0.15) is 5.52 Å². The second-order valence-electron chi connectivity index (χ2n) is 3.89. The van der Waals surface area contributed by atoms with Gasteiger partial charge in [-0.1, -0.05) is 0 Å². The summed E-state index contributed by atoms with van der Waals surface area (Å²) in [7, 11) is 0. The van der Waals surface area contributed by atoms with Crippen molar-refractivity contribution in [1.29, 1.82) is 0 Å². The predicted molar refractivity (Wildman–Crippen MR) is 69.2 cm³/mol. The smallest absolute Gasteiger partial charge is 0.152 e. The number of rotatable bonds is 4. The second-order valence-corrected chi connectivity index (χ2v) is 4.80. The van der Waals surface area contributed by atoms with Crippen LogP contribution in [0.2, 0.25) is 0 Å². The SMILES string of the molecule is CSCC(C)Nc1nccn2nc(C)cc12. The van der Waals surface area contributed by atoms with Crippen molar-refractivity contribution in [2.24, 2.45) is 0 Å². The molecule has 16 heavy (non-hydrogen) atoms. The van der Waals surface area contributed by atoms with Crippen molar-refractivity contribution in [2.75, 3.05) is 17.3 Å². The number of nitrogens with zero attached hydrogens (tertiary/aromatic N) is 3. The molecule has 2 aromatic heterocycles. The highest BCUT2D eigenvalue weighted by molar-refractivity contribution is 7.98. The summed E-state index contributed by atoms with van der Waals surface area (Å²) in [6.45, 7) is 4.15. The Bertz CT molecular complexity index is 480. The van der Waals surface area contributed by atoms with E-state index in [4.69, 9.17) is 0 Å². The number of thioether (sulfide) groups is 1. The number of fused-ring (bicyclic) bond motifs is 1. The van der Waals surface area contributed by atoms with Gasteiger partial charge in [-0.15, -0.1) is 0 Å². The molecule has 0 saturated carbocycles. The van der Waals surface area contributed by atoms with Crippen LogP contribution in [0.3, 0.4) is 0 Å². The third kappa shape index (κ3) is 2.29. The maximum absolute atomic E-state index is 4.36. The number of anilines is 1. The van der Waals surface area contributed by atoms with Crippen LogP contribution < -0.4 is 5.32 Å². The summed E-state index contributed by atoms with van der Waals surface area (Å²) in [5, 5.41) is 7.76. The van der Waals surface area contributed by atoms with Crippen LogP contribution in [-0.2, 0) is 0 Å². The van der Waals surface area contributed by atoms with E-state index in [1.165, 1.54) is 0 Å². The second kappa shape index (κ2) is 4.74. The lowest BCUT2D eigenvalue weighted by molar-refractivity contribution is 0.885. The quantitative estimate of drug-likeness (QED) is 0.883. The molecule has 86 valence electrons. The molecule has 0 saturated heterocycles. The average molecular weight is 236 g/mol. The lowest BCUT2D eigenvalue weighted by Gasteiger charge is -2.13. The summed E-state index contributed by atoms with van der Waals surface area (Å²) in [5.74, 6) is 1.97. The van der Waals surface area contributed by atoms with Crippen LogP contribution in [0, 0.1) is 6.92 Å². The van der Waals surface area contributed by atoms with Crippen molar-refractivity contribution >= 4 is 23.1 Å². The molecular formula is C11H16N4S. The molecule has 0 aliphatic carbocycles. The zero-order valence-corrected chi connectivity index (χ0v) is 10.6. The minimum absolute atomic E-state index is 0.406. The Morgan fingerprint density at radius 3 is 3.12 bits per heavy atom. The average Bonchev–Trinajstić information content (AvgIpc) is 2.60. The molecule has 0 aliphatic heterocycles. The molecule has 1 unspecified atom stereocenters. The van der Waals surface area contributed by atoms with Crippen molar-refractivity contribution < 1.29 is 0 Å². The summed E-state index contributed by atoms with van der Waals surface area (Å²) >= 11 is 1.83. The highest BCUT2D eigenvalue weighted by atomic mass is 32.2. The van der Waals surface area contributed by atoms with E-state index < -0.39 is 0 Å². The first kappa shape index (κ1) is 11.3. The Labute approximate surface area is 99.5 Å². The fraction of sp³-hybridized carbons (Fsp3) is 0.455. The first-order valence-electron chi connectivity index (χ1n) is 5.27. The summed E-state index contributed by atoms with van der Waals surface area (Å²) in [5.41, 5.74) is 2.04. The number of aromatic nitrogens is 3. The minimum Gasteiger partial charge on any atom is -0.365 e. The summed E-state index contributed by atoms with van der Waals surface area (Å²) in [6.07, 6.45) is 5.75. The summed E-state index contributed by atoms with van der Waals surface area (Å²) in [4.78, 5) is 4.36. The van der Waals surface area contributed by atoms with Crippen molar-refractivity contribution in [2.45, 2.75) is 19.9 Å². The number of hydrogen-bond acceptors (Lipinski definition) is 4. The van der Waals surface area contributed by atoms with Crippen LogP contribution >= 0.6 is 11.8 Å². The molecule has 1 atom stereocenters. The molecule has 0 aromatic carbocycles. The fourth-order valence-corrected chi connectivity index (χ4v) is 2.26. The van der Waals surface area contributed by atoms with Gasteiger partial charge in [0.05, 0.1) is 5.69 Å². The van der Waals surface area contributed by atoms with E-state index in [1.54, 1.807) is 6.20 Å². The first-order chi connectivity index (χ1) is 7.70. The van der Waals surface area contributed by atoms with E-state index in [9.17, 15) is 0 Å². The standard InChI is InChI=1S/C11H16N4S/c1-8-6-10-11(13-9(2)7-16-3)12-4-5-15(10)14-8/h4-6,9H,7H2,1-3H3,(H,12,13). The highest BCUT2D eigenvalue weighted by Crippen LogP contribution is 2.16. The van der Waals surface area contributed by atoms with Gasteiger partial charge in [0.15, 0.2) is 5.82 Å². The highest BCUT2D eigenvalue weighted by Gasteiger charge is 2.07. The van der Waals surface area contributed by atoms with Crippen LogP contribution in [0.4, 0.5) is 5.82 Å². The topological polar surface area (TPSA) is 42.2 Å². The van der Waals surface area contributed by atoms with Crippen LogP contribution in [0.25, 0.3) is 5.52 Å². The van der Waals surface area contributed by atoms with Gasteiger partial charge in [0, 0.05) is 24.2 Å². The monoisotopic (exact) mass is 236 g/mol. The van der Waals surface area contributed by atoms with Gasteiger partial charge in [0.2, 0.25) is 0 Å². The molecule has 2 heterocycles. The lowest BCUT2D eigenvalue weighted by Crippen LogP contribution is -2.19. The van der Waals surface area contributed by atoms with Gasteiger partial charge in [-0.25, -0.2) is 9.50 Å². The van der Waals surface area contributed by atoms with E-state index in [2.05, 4.69) is 28.6 Å². The molecule has 2 rings (SSSR count). The molecule has 4 nitrogen and oxygen atoms in total. The van der Waals surface area contributed by atoms with E-state index in [-0.39, 0.29) is 0 Å². The zero-order valence-electron chi connectivity index (χ0n) is 9.77. The maximum atomic E-state index is 4.36. The lowest BCUT2D eigenvalue weighted by atomic mass is 10.3. The molecule has 1 N–H and O–H groups in total. The van der Waals surface area contributed by atoms with Gasteiger partial charge in [0.25, 0.3) is 0 Å². The van der Waals surface area contributed by atoms with E-state index >= 15 is 0 Å². The van der Waals surface area contributed by atoms with Crippen LogP contribution in [-0.4, -0.2) is 32.6 Å². The van der Waals surface area contributed by atoms with E-state index in [0.717, 1.165) is 22.8 Å². The Morgan fingerprint density at radius 1 is 1.56 bits per heavy atom. The first-order valence-corrected chi connectivity index (χ1v) is 6.66. The van der Waals surface area contributed by atoms with Crippen LogP contribution in [0.5, 0.6) is 0 Å². The van der Waals surface area contributed by atoms with Crippen molar-refractivity contribution in [3.8, 4) is 0 Å². The molecule has 0 amide bonds. The van der Waals surface area contributed by atoms with Gasteiger partial charge in [-0.2, -0.15) is 16.9 Å². The van der Waals surface area contributed by atoms with E-state index in [1.807, 2.05) is 35.5 Å². The Morgan fingerprint density at radius 2 is 2.38 bits per heavy atom. The predicted octanol–water partition coefficient (Wildman–Crippen LogP) is 2.20. The molecular weight excluding hydrogens is 220 g/mol. The van der Waals surface area contributed by atoms with Crippen LogP contribution in [0.15, 0.2) is 18.5 Å². The largest absolute Gasteiger partial charge is 0.365 e. The third-order valence-electron chi connectivity index (χ3n) is 2.31. The van der Waals surface area contributed by atoms with E-state index in [0.29, 0.717) is 6.04 Å². The number of hydrogen-bond donors (Lipinski definition) is 1. The van der Waals surface area contributed by atoms with Crippen molar-refractivity contribution in [1.82, 2.24) is 14.6 Å². The Hall–Kier alpha value is -1.23. The van der Waals surface area contributed by atoms with Gasteiger partial charge in [-0.3, -0.25) is 0 Å². The Kier molecular flexibility index (Phi) is 3.33. The molecule has 0 spiro atoms. The molecule has 5 heteroatoms. The zero-order chi connectivity index (χ0) is 11.5.